The fraction of sp³-hybridized carbons (Fsp3) is 0.833. The van der Waals surface area contributed by atoms with Gasteiger partial charge >= 0.3 is 12.0 Å². The van der Waals surface area contributed by atoms with Crippen LogP contribution in [0.25, 0.3) is 0 Å². The Hall–Kier alpha value is -1.34. The van der Waals surface area contributed by atoms with E-state index in [1.54, 1.807) is 0 Å². The molecule has 0 aliphatic carbocycles. The number of rotatable bonds is 3. The zero-order valence-corrected chi connectivity index (χ0v) is 10.7. The number of carboxylic acids is 1. The first kappa shape index (κ1) is 14.1. The van der Waals surface area contributed by atoms with Gasteiger partial charge in [-0.1, -0.05) is 0 Å². The maximum atomic E-state index is 11.9. The highest BCUT2D eigenvalue weighted by atomic mass is 16.5. The first-order chi connectivity index (χ1) is 9.08. The maximum absolute atomic E-state index is 11.9. The topological polar surface area (TPSA) is 99.1 Å². The van der Waals surface area contributed by atoms with Crippen molar-refractivity contribution in [2.75, 3.05) is 19.7 Å². The lowest BCUT2D eigenvalue weighted by Gasteiger charge is -2.26. The summed E-state index contributed by atoms with van der Waals surface area (Å²) in [5.41, 5.74) is 0. The van der Waals surface area contributed by atoms with Gasteiger partial charge in [-0.05, 0) is 19.3 Å². The van der Waals surface area contributed by atoms with Crippen molar-refractivity contribution in [3.63, 3.8) is 0 Å². The molecule has 2 heterocycles. The second kappa shape index (κ2) is 6.21. The first-order valence-corrected chi connectivity index (χ1v) is 6.65. The average Bonchev–Trinajstić information content (AvgIpc) is 2.79. The summed E-state index contributed by atoms with van der Waals surface area (Å²) in [6.45, 7) is 1.16. The van der Waals surface area contributed by atoms with E-state index in [-0.39, 0.29) is 19.1 Å². The van der Waals surface area contributed by atoms with E-state index in [9.17, 15) is 14.7 Å². The van der Waals surface area contributed by atoms with Gasteiger partial charge in [0, 0.05) is 26.1 Å². The largest absolute Gasteiger partial charge is 0.480 e. The molecule has 2 fully saturated rings. The van der Waals surface area contributed by atoms with Gasteiger partial charge in [0.2, 0.25) is 0 Å². The molecule has 1 unspecified atom stereocenters. The fourth-order valence-electron chi connectivity index (χ4n) is 2.54. The molecule has 0 bridgehead atoms. The van der Waals surface area contributed by atoms with E-state index in [2.05, 4.69) is 5.32 Å². The summed E-state index contributed by atoms with van der Waals surface area (Å²) >= 11 is 0. The van der Waals surface area contributed by atoms with E-state index in [4.69, 9.17) is 9.84 Å². The number of aliphatic carboxylic acids is 1. The summed E-state index contributed by atoms with van der Waals surface area (Å²) in [5.74, 6) is -1.08. The third-order valence-corrected chi connectivity index (χ3v) is 3.58. The second-order valence-corrected chi connectivity index (χ2v) is 5.07. The van der Waals surface area contributed by atoms with Crippen molar-refractivity contribution in [1.29, 1.82) is 0 Å². The summed E-state index contributed by atoms with van der Waals surface area (Å²) in [6, 6.07) is -1.39. The number of nitrogens with zero attached hydrogens (tertiary/aromatic N) is 1. The maximum Gasteiger partial charge on any atom is 0.326 e. The van der Waals surface area contributed by atoms with E-state index in [0.717, 1.165) is 19.3 Å². The molecule has 7 nitrogen and oxygen atoms in total. The van der Waals surface area contributed by atoms with Gasteiger partial charge < -0.3 is 25.2 Å². The Morgan fingerprint density at radius 2 is 2.16 bits per heavy atom. The number of carbonyl (C=O) groups is 2. The fourth-order valence-corrected chi connectivity index (χ4v) is 2.54. The minimum atomic E-state index is -1.08. The van der Waals surface area contributed by atoms with Gasteiger partial charge in [0.1, 0.15) is 6.04 Å². The third kappa shape index (κ3) is 3.57. The number of carbonyl (C=O) groups excluding carboxylic acids is 1. The number of urea groups is 1. The average molecular weight is 272 g/mol. The smallest absolute Gasteiger partial charge is 0.326 e. The summed E-state index contributed by atoms with van der Waals surface area (Å²) in [5, 5.41) is 21.2. The number of nitrogens with one attached hydrogen (secondary N) is 1. The van der Waals surface area contributed by atoms with Gasteiger partial charge in [-0.15, -0.1) is 0 Å². The predicted molar refractivity (Wildman–Crippen MR) is 65.7 cm³/mol. The number of likely N-dealkylation sites (tertiary alicyclic amines) is 1. The van der Waals surface area contributed by atoms with E-state index in [1.165, 1.54) is 4.90 Å². The molecule has 0 saturated carbocycles. The third-order valence-electron chi connectivity index (χ3n) is 3.58. The molecule has 7 heteroatoms. The number of aliphatic hydroxyl groups is 1. The summed E-state index contributed by atoms with van der Waals surface area (Å²) in [7, 11) is 0. The molecule has 3 N–H and O–H groups in total. The number of β-amino-alcohol motifs (C(OH)–C–C–N with tert-alkyl or cyclic N) is 1. The first-order valence-electron chi connectivity index (χ1n) is 6.65. The van der Waals surface area contributed by atoms with Crippen LogP contribution in [0, 0.1) is 0 Å². The molecule has 0 aromatic heterocycles. The molecule has 0 aromatic carbocycles. The Morgan fingerprint density at radius 1 is 1.37 bits per heavy atom. The molecule has 2 rings (SSSR count). The van der Waals surface area contributed by atoms with Crippen molar-refractivity contribution in [3.8, 4) is 0 Å². The Labute approximate surface area is 111 Å². The SMILES string of the molecule is O=C(O)[C@@H]1C[C@H](O)CN1C(=O)NCC1CCCCO1. The van der Waals surface area contributed by atoms with Gasteiger partial charge in [-0.25, -0.2) is 9.59 Å². The second-order valence-electron chi connectivity index (χ2n) is 5.07. The summed E-state index contributed by atoms with van der Waals surface area (Å²) < 4.78 is 5.49. The Balaban J connectivity index is 1.82. The van der Waals surface area contributed by atoms with Crippen LogP contribution in [0.3, 0.4) is 0 Å². The van der Waals surface area contributed by atoms with Gasteiger partial charge in [-0.3, -0.25) is 0 Å². The molecule has 2 aliphatic rings. The lowest BCUT2D eigenvalue weighted by atomic mass is 10.1. The number of ether oxygens (including phenoxy) is 1. The zero-order valence-electron chi connectivity index (χ0n) is 10.7. The van der Waals surface area contributed by atoms with Gasteiger partial charge in [-0.2, -0.15) is 0 Å². The van der Waals surface area contributed by atoms with Crippen molar-refractivity contribution in [2.45, 2.75) is 43.9 Å². The lowest BCUT2D eigenvalue weighted by molar-refractivity contribution is -0.141. The normalized spacial score (nSPS) is 31.2. The van der Waals surface area contributed by atoms with Crippen molar-refractivity contribution < 1.29 is 24.5 Å². The predicted octanol–water partition coefficient (Wildman–Crippen LogP) is -0.215. The molecule has 0 spiro atoms. The van der Waals surface area contributed by atoms with Crippen LogP contribution in [0.15, 0.2) is 0 Å². The summed E-state index contributed by atoms with van der Waals surface area (Å²) in [6.07, 6.45) is 2.37. The molecule has 2 saturated heterocycles. The highest BCUT2D eigenvalue weighted by Crippen LogP contribution is 2.18. The molecule has 0 aromatic rings. The van der Waals surface area contributed by atoms with Crippen LogP contribution < -0.4 is 5.32 Å². The van der Waals surface area contributed by atoms with Crippen molar-refractivity contribution in [2.24, 2.45) is 0 Å². The molecule has 2 amide bonds. The number of hydrogen-bond acceptors (Lipinski definition) is 4. The lowest BCUT2D eigenvalue weighted by Crippen LogP contribution is -2.48. The number of amides is 2. The van der Waals surface area contributed by atoms with Crippen molar-refractivity contribution in [1.82, 2.24) is 10.2 Å². The highest BCUT2D eigenvalue weighted by molar-refractivity contribution is 5.83. The molecule has 0 radical (unpaired) electrons. The molecular weight excluding hydrogens is 252 g/mol. The number of carboxylic acid groups (broad SMARTS) is 1. The molecule has 3 atom stereocenters. The highest BCUT2D eigenvalue weighted by Gasteiger charge is 2.39. The number of hydrogen-bond donors (Lipinski definition) is 3. The minimum absolute atomic E-state index is 0.00787. The summed E-state index contributed by atoms with van der Waals surface area (Å²) in [4.78, 5) is 24.1. The Bertz CT molecular complexity index is 343. The van der Waals surface area contributed by atoms with E-state index >= 15 is 0 Å². The molecular formula is C12H20N2O5. The van der Waals surface area contributed by atoms with Crippen LogP contribution in [0.5, 0.6) is 0 Å². The van der Waals surface area contributed by atoms with Gasteiger partial charge in [0.15, 0.2) is 0 Å². The van der Waals surface area contributed by atoms with Crippen molar-refractivity contribution in [3.05, 3.63) is 0 Å². The van der Waals surface area contributed by atoms with E-state index < -0.39 is 24.1 Å². The van der Waals surface area contributed by atoms with E-state index in [1.807, 2.05) is 0 Å². The van der Waals surface area contributed by atoms with Crippen LogP contribution in [-0.2, 0) is 9.53 Å². The van der Waals surface area contributed by atoms with Crippen molar-refractivity contribution >= 4 is 12.0 Å². The van der Waals surface area contributed by atoms with E-state index in [0.29, 0.717) is 13.2 Å². The zero-order chi connectivity index (χ0) is 13.8. The molecule has 108 valence electrons. The van der Waals surface area contributed by atoms with Gasteiger partial charge in [0.25, 0.3) is 0 Å². The number of aliphatic hydroxyl groups excluding tert-OH is 1. The van der Waals surface area contributed by atoms with Crippen LogP contribution in [0.2, 0.25) is 0 Å². The Kier molecular flexibility index (Phi) is 4.60. The molecule has 2 aliphatic heterocycles. The van der Waals surface area contributed by atoms with Crippen LogP contribution in [0.4, 0.5) is 4.79 Å². The standard InChI is InChI=1S/C12H20N2O5/c15-8-5-10(11(16)17)14(7-8)12(18)13-6-9-3-1-2-4-19-9/h8-10,15H,1-7H2,(H,13,18)(H,16,17)/t8-,9?,10-/m0/s1. The minimum Gasteiger partial charge on any atom is -0.480 e. The van der Waals surface area contributed by atoms with Crippen LogP contribution >= 0.6 is 0 Å². The van der Waals surface area contributed by atoms with Crippen LogP contribution in [0.1, 0.15) is 25.7 Å². The van der Waals surface area contributed by atoms with Crippen LogP contribution in [-0.4, -0.2) is 65.1 Å². The quantitative estimate of drug-likeness (QED) is 0.660. The molecule has 19 heavy (non-hydrogen) atoms. The Morgan fingerprint density at radius 3 is 2.79 bits per heavy atom. The van der Waals surface area contributed by atoms with Gasteiger partial charge in [0.05, 0.1) is 12.2 Å². The monoisotopic (exact) mass is 272 g/mol.